The van der Waals surface area contributed by atoms with Gasteiger partial charge < -0.3 is 4.74 Å². The summed E-state index contributed by atoms with van der Waals surface area (Å²) in [6.07, 6.45) is 1.06. The average Bonchev–Trinajstić information content (AvgIpc) is 2.46. The Kier molecular flexibility index (Phi) is 4.58. The van der Waals surface area contributed by atoms with Gasteiger partial charge in [-0.15, -0.1) is 0 Å². The highest BCUT2D eigenvalue weighted by molar-refractivity contribution is 7.91. The number of ether oxygens (including phenoxy) is 1. The number of benzene rings is 2. The molecule has 5 nitrogen and oxygen atoms in total. The van der Waals surface area contributed by atoms with Crippen molar-refractivity contribution in [3.05, 3.63) is 54.1 Å². The summed E-state index contributed by atoms with van der Waals surface area (Å²) < 4.78 is 53.2. The minimum Gasteiger partial charge on any atom is -0.495 e. The fraction of sp³-hybridized carbons (Fsp3) is 0.200. The Morgan fingerprint density at radius 3 is 2.14 bits per heavy atom. The van der Waals surface area contributed by atoms with Gasteiger partial charge in [0.1, 0.15) is 10.6 Å². The fourth-order valence-corrected chi connectivity index (χ4v) is 4.15. The van der Waals surface area contributed by atoms with Crippen molar-refractivity contribution in [1.29, 1.82) is 0 Å². The molecule has 0 saturated carbocycles. The third kappa shape index (κ3) is 3.66. The zero-order chi connectivity index (χ0) is 16.4. The van der Waals surface area contributed by atoms with Crippen LogP contribution in [0.3, 0.4) is 0 Å². The van der Waals surface area contributed by atoms with Gasteiger partial charge in [0.05, 0.1) is 17.8 Å². The van der Waals surface area contributed by atoms with E-state index in [4.69, 9.17) is 4.74 Å². The van der Waals surface area contributed by atoms with Crippen molar-refractivity contribution >= 4 is 19.7 Å². The molecule has 7 heteroatoms. The van der Waals surface area contributed by atoms with Gasteiger partial charge in [-0.2, -0.15) is 0 Å². The third-order valence-corrected chi connectivity index (χ3v) is 5.93. The van der Waals surface area contributed by atoms with Crippen molar-refractivity contribution in [3.63, 3.8) is 0 Å². The molecule has 22 heavy (non-hydrogen) atoms. The van der Waals surface area contributed by atoms with E-state index in [9.17, 15) is 16.8 Å². The second-order valence-corrected chi connectivity index (χ2v) is 8.80. The summed E-state index contributed by atoms with van der Waals surface area (Å²) >= 11 is 0. The molecule has 0 atom stereocenters. The number of rotatable bonds is 5. The molecule has 0 saturated heterocycles. The lowest BCUT2D eigenvalue weighted by atomic mass is 10.2. The Morgan fingerprint density at radius 2 is 1.59 bits per heavy atom. The molecule has 0 radical (unpaired) electrons. The molecule has 0 amide bonds. The van der Waals surface area contributed by atoms with Crippen LogP contribution in [-0.4, -0.2) is 30.2 Å². The van der Waals surface area contributed by atoms with Crippen LogP contribution >= 0.6 is 0 Å². The van der Waals surface area contributed by atoms with Crippen LogP contribution in [0.5, 0.6) is 5.75 Å². The molecule has 0 aliphatic carbocycles. The Morgan fingerprint density at radius 1 is 0.955 bits per heavy atom. The molecule has 0 aliphatic heterocycles. The van der Waals surface area contributed by atoms with Gasteiger partial charge in [-0.1, -0.05) is 30.3 Å². The molecule has 0 N–H and O–H groups in total. The van der Waals surface area contributed by atoms with Gasteiger partial charge in [0.2, 0.25) is 0 Å². The van der Waals surface area contributed by atoms with Gasteiger partial charge in [-0.05, 0) is 17.7 Å². The normalized spacial score (nSPS) is 12.1. The van der Waals surface area contributed by atoms with Crippen LogP contribution < -0.4 is 4.74 Å². The minimum atomic E-state index is -3.64. The topological polar surface area (TPSA) is 77.5 Å². The van der Waals surface area contributed by atoms with E-state index in [1.165, 1.54) is 25.3 Å². The average molecular weight is 340 g/mol. The molecule has 2 aromatic carbocycles. The van der Waals surface area contributed by atoms with E-state index in [-0.39, 0.29) is 21.3 Å². The minimum absolute atomic E-state index is 0.0167. The highest BCUT2D eigenvalue weighted by Crippen LogP contribution is 2.29. The van der Waals surface area contributed by atoms with E-state index in [1.807, 2.05) is 0 Å². The Hall–Kier alpha value is -1.86. The van der Waals surface area contributed by atoms with Crippen molar-refractivity contribution < 1.29 is 21.6 Å². The maximum atomic E-state index is 12.5. The Balaban J connectivity index is 2.47. The molecule has 0 aliphatic rings. The van der Waals surface area contributed by atoms with E-state index in [0.29, 0.717) is 5.56 Å². The third-order valence-electron chi connectivity index (χ3n) is 3.10. The number of hydrogen-bond donors (Lipinski definition) is 0. The standard InChI is InChI=1S/C15H16O5S2/c1-20-14-10-13(21(2,16)17)8-9-15(14)22(18,19)11-12-6-4-3-5-7-12/h3-10H,11H2,1-2H3. The molecule has 118 valence electrons. The van der Waals surface area contributed by atoms with Gasteiger partial charge in [0, 0.05) is 12.3 Å². The quantitative estimate of drug-likeness (QED) is 0.833. The van der Waals surface area contributed by atoms with Gasteiger partial charge in [0.15, 0.2) is 19.7 Å². The number of methoxy groups -OCH3 is 1. The van der Waals surface area contributed by atoms with Crippen LogP contribution in [0, 0.1) is 0 Å². The first kappa shape index (κ1) is 16.5. The molecular weight excluding hydrogens is 324 g/mol. The van der Waals surface area contributed by atoms with Crippen molar-refractivity contribution in [2.75, 3.05) is 13.4 Å². The van der Waals surface area contributed by atoms with Crippen LogP contribution in [0.4, 0.5) is 0 Å². The van der Waals surface area contributed by atoms with Gasteiger partial charge in [-0.3, -0.25) is 0 Å². The maximum absolute atomic E-state index is 12.5. The zero-order valence-corrected chi connectivity index (χ0v) is 13.8. The molecule has 0 fully saturated rings. The predicted molar refractivity (Wildman–Crippen MR) is 83.4 cm³/mol. The summed E-state index contributed by atoms with van der Waals surface area (Å²) in [7, 11) is -5.76. The van der Waals surface area contributed by atoms with E-state index < -0.39 is 19.7 Å². The van der Waals surface area contributed by atoms with Crippen molar-refractivity contribution in [3.8, 4) is 5.75 Å². The Labute approximate surface area is 130 Å². The Bertz CT molecular complexity index is 869. The van der Waals surface area contributed by atoms with E-state index in [0.717, 1.165) is 6.26 Å². The van der Waals surface area contributed by atoms with Crippen LogP contribution in [-0.2, 0) is 25.4 Å². The van der Waals surface area contributed by atoms with Crippen molar-refractivity contribution in [2.45, 2.75) is 15.5 Å². The highest BCUT2D eigenvalue weighted by Gasteiger charge is 2.22. The second-order valence-electron chi connectivity index (χ2n) is 4.83. The van der Waals surface area contributed by atoms with Gasteiger partial charge in [-0.25, -0.2) is 16.8 Å². The fourth-order valence-electron chi connectivity index (χ4n) is 2.01. The SMILES string of the molecule is COc1cc(S(C)(=O)=O)ccc1S(=O)(=O)Cc1ccccc1. The van der Waals surface area contributed by atoms with E-state index in [2.05, 4.69) is 0 Å². The molecule has 0 aromatic heterocycles. The lowest BCUT2D eigenvalue weighted by Gasteiger charge is -2.11. The zero-order valence-electron chi connectivity index (χ0n) is 12.2. The van der Waals surface area contributed by atoms with Gasteiger partial charge in [0.25, 0.3) is 0 Å². The van der Waals surface area contributed by atoms with E-state index in [1.54, 1.807) is 30.3 Å². The molecule has 0 spiro atoms. The molecule has 2 rings (SSSR count). The van der Waals surface area contributed by atoms with Crippen LogP contribution in [0.15, 0.2) is 58.3 Å². The lowest BCUT2D eigenvalue weighted by Crippen LogP contribution is -2.08. The molecule has 0 unspecified atom stereocenters. The predicted octanol–water partition coefficient (Wildman–Crippen LogP) is 2.07. The monoisotopic (exact) mass is 340 g/mol. The number of sulfone groups is 2. The van der Waals surface area contributed by atoms with Crippen LogP contribution in [0.2, 0.25) is 0 Å². The summed E-state index contributed by atoms with van der Waals surface area (Å²) in [5, 5.41) is 0. The van der Waals surface area contributed by atoms with Crippen LogP contribution in [0.25, 0.3) is 0 Å². The molecule has 2 aromatic rings. The number of hydrogen-bond acceptors (Lipinski definition) is 5. The molecule has 0 heterocycles. The largest absolute Gasteiger partial charge is 0.495 e. The maximum Gasteiger partial charge on any atom is 0.186 e. The summed E-state index contributed by atoms with van der Waals surface area (Å²) in [4.78, 5) is -0.00531. The van der Waals surface area contributed by atoms with Crippen molar-refractivity contribution in [2.24, 2.45) is 0 Å². The molecule has 0 bridgehead atoms. The second kappa shape index (κ2) is 6.10. The van der Waals surface area contributed by atoms with E-state index >= 15 is 0 Å². The first-order chi connectivity index (χ1) is 10.2. The van der Waals surface area contributed by atoms with Gasteiger partial charge >= 0.3 is 0 Å². The van der Waals surface area contributed by atoms with Crippen molar-refractivity contribution in [1.82, 2.24) is 0 Å². The smallest absolute Gasteiger partial charge is 0.186 e. The first-order valence-electron chi connectivity index (χ1n) is 6.39. The summed E-state index contributed by atoms with van der Waals surface area (Å²) in [5.41, 5.74) is 0.650. The lowest BCUT2D eigenvalue weighted by molar-refractivity contribution is 0.401. The first-order valence-corrected chi connectivity index (χ1v) is 9.93. The summed E-state index contributed by atoms with van der Waals surface area (Å²) in [5.74, 6) is -0.151. The summed E-state index contributed by atoms with van der Waals surface area (Å²) in [6, 6.07) is 12.5. The highest BCUT2D eigenvalue weighted by atomic mass is 32.2. The van der Waals surface area contributed by atoms with Crippen LogP contribution in [0.1, 0.15) is 5.56 Å². The summed E-state index contributed by atoms with van der Waals surface area (Å²) in [6.45, 7) is 0. The molecular formula is C15H16O5S2.